The van der Waals surface area contributed by atoms with E-state index in [0.717, 1.165) is 0 Å². The molecular formula is C15H23N3O3. The van der Waals surface area contributed by atoms with Crippen LogP contribution in [0.3, 0.4) is 0 Å². The molecule has 2 rings (SSSR count). The van der Waals surface area contributed by atoms with Gasteiger partial charge in [-0.3, -0.25) is 9.59 Å². The van der Waals surface area contributed by atoms with Crippen molar-refractivity contribution in [3.8, 4) is 0 Å². The molecule has 1 aromatic rings. The lowest BCUT2D eigenvalue weighted by Gasteiger charge is -2.26. The largest absolute Gasteiger partial charge is 0.481 e. The van der Waals surface area contributed by atoms with E-state index in [0.29, 0.717) is 31.7 Å². The minimum atomic E-state index is -0.792. The molecule has 21 heavy (non-hydrogen) atoms. The fourth-order valence-electron chi connectivity index (χ4n) is 2.81. The number of hydrogen-bond acceptors (Lipinski definition) is 4. The Labute approximate surface area is 124 Å². The normalized spacial score (nSPS) is 22.6. The summed E-state index contributed by atoms with van der Waals surface area (Å²) in [6.45, 7) is 8.64. The Bertz CT molecular complexity index is 603. The summed E-state index contributed by atoms with van der Waals surface area (Å²) in [4.78, 5) is 30.1. The van der Waals surface area contributed by atoms with Gasteiger partial charge in [-0.2, -0.15) is 0 Å². The molecule has 6 heteroatoms. The maximum atomic E-state index is 12.6. The fourth-order valence-corrected chi connectivity index (χ4v) is 2.81. The molecule has 1 atom stereocenters. The summed E-state index contributed by atoms with van der Waals surface area (Å²) in [7, 11) is 0. The number of nitrogens with zero attached hydrogens (tertiary/aromatic N) is 3. The lowest BCUT2D eigenvalue weighted by molar-refractivity contribution is -0.147. The molecule has 6 nitrogen and oxygen atoms in total. The number of carboxylic acid groups (broad SMARTS) is 1. The SMILES string of the molecule is CCC1(C(=O)O)CCN(c2nccn(C(C)(C)C)c2=O)C1. The quantitative estimate of drug-likeness (QED) is 0.918. The number of aromatic nitrogens is 2. The van der Waals surface area contributed by atoms with E-state index in [1.54, 1.807) is 17.0 Å². The summed E-state index contributed by atoms with van der Waals surface area (Å²) >= 11 is 0. The van der Waals surface area contributed by atoms with Gasteiger partial charge in [0.2, 0.25) is 0 Å². The molecule has 0 amide bonds. The minimum Gasteiger partial charge on any atom is -0.481 e. The lowest BCUT2D eigenvalue weighted by Crippen LogP contribution is -2.40. The van der Waals surface area contributed by atoms with Gasteiger partial charge in [0.1, 0.15) is 0 Å². The summed E-state index contributed by atoms with van der Waals surface area (Å²) in [6.07, 6.45) is 4.38. The van der Waals surface area contributed by atoms with Crippen molar-refractivity contribution >= 4 is 11.8 Å². The second-order valence-electron chi connectivity index (χ2n) is 6.71. The molecule has 0 aliphatic carbocycles. The molecule has 1 aromatic heterocycles. The van der Waals surface area contributed by atoms with Crippen LogP contribution in [-0.4, -0.2) is 33.7 Å². The Hall–Kier alpha value is -1.85. The van der Waals surface area contributed by atoms with Crippen molar-refractivity contribution < 1.29 is 9.90 Å². The maximum absolute atomic E-state index is 12.6. The zero-order valence-electron chi connectivity index (χ0n) is 13.1. The summed E-state index contributed by atoms with van der Waals surface area (Å²) < 4.78 is 1.64. The molecular weight excluding hydrogens is 270 g/mol. The maximum Gasteiger partial charge on any atom is 0.311 e. The van der Waals surface area contributed by atoms with Crippen molar-refractivity contribution in [3.63, 3.8) is 0 Å². The first-order valence-electron chi connectivity index (χ1n) is 7.28. The smallest absolute Gasteiger partial charge is 0.311 e. The zero-order chi connectivity index (χ0) is 15.8. The molecule has 1 saturated heterocycles. The van der Waals surface area contributed by atoms with Gasteiger partial charge in [0.05, 0.1) is 5.41 Å². The number of carboxylic acids is 1. The molecule has 0 bridgehead atoms. The van der Waals surface area contributed by atoms with Crippen molar-refractivity contribution in [1.82, 2.24) is 9.55 Å². The number of aliphatic carboxylic acids is 1. The molecule has 1 aliphatic heterocycles. The lowest BCUT2D eigenvalue weighted by atomic mass is 9.84. The van der Waals surface area contributed by atoms with Crippen molar-refractivity contribution in [2.24, 2.45) is 5.41 Å². The molecule has 1 unspecified atom stereocenters. The molecule has 2 heterocycles. The molecule has 116 valence electrons. The van der Waals surface area contributed by atoms with Crippen molar-refractivity contribution in [2.45, 2.75) is 46.1 Å². The van der Waals surface area contributed by atoms with Crippen molar-refractivity contribution in [1.29, 1.82) is 0 Å². The van der Waals surface area contributed by atoms with Crippen LogP contribution >= 0.6 is 0 Å². The van der Waals surface area contributed by atoms with E-state index in [2.05, 4.69) is 4.98 Å². The third kappa shape index (κ3) is 2.66. The van der Waals surface area contributed by atoms with Gasteiger partial charge in [-0.15, -0.1) is 0 Å². The fraction of sp³-hybridized carbons (Fsp3) is 0.667. The van der Waals surface area contributed by atoms with Gasteiger partial charge < -0.3 is 14.6 Å². The van der Waals surface area contributed by atoms with E-state index in [-0.39, 0.29) is 11.1 Å². The van der Waals surface area contributed by atoms with Gasteiger partial charge in [0.25, 0.3) is 5.56 Å². The number of anilines is 1. The summed E-state index contributed by atoms with van der Waals surface area (Å²) in [5.74, 6) is -0.441. The second-order valence-corrected chi connectivity index (χ2v) is 6.71. The second kappa shape index (κ2) is 5.16. The number of rotatable bonds is 3. The first kappa shape index (κ1) is 15.5. The highest BCUT2D eigenvalue weighted by Crippen LogP contribution is 2.35. The predicted octanol–water partition coefficient (Wildman–Crippen LogP) is 1.69. The van der Waals surface area contributed by atoms with Crippen LogP contribution in [0.5, 0.6) is 0 Å². The first-order chi connectivity index (χ1) is 9.71. The molecule has 0 radical (unpaired) electrons. The van der Waals surface area contributed by atoms with Gasteiger partial charge in [-0.25, -0.2) is 4.98 Å². The third-order valence-corrected chi connectivity index (χ3v) is 4.33. The Kier molecular flexibility index (Phi) is 3.82. The van der Waals surface area contributed by atoms with Crippen LogP contribution in [0, 0.1) is 5.41 Å². The standard InChI is InChI=1S/C15H23N3O3/c1-5-15(13(20)21)6-8-17(10-15)11-12(19)18(9-7-16-11)14(2,3)4/h7,9H,5-6,8,10H2,1-4H3,(H,20,21). The van der Waals surface area contributed by atoms with Crippen LogP contribution in [-0.2, 0) is 10.3 Å². The van der Waals surface area contributed by atoms with E-state index in [1.807, 2.05) is 32.6 Å². The molecule has 1 aliphatic rings. The van der Waals surface area contributed by atoms with E-state index in [1.165, 1.54) is 0 Å². The average molecular weight is 293 g/mol. The molecule has 1 fully saturated rings. The Morgan fingerprint density at radius 3 is 2.62 bits per heavy atom. The van der Waals surface area contributed by atoms with Crippen LogP contribution in [0.4, 0.5) is 5.82 Å². The zero-order valence-corrected chi connectivity index (χ0v) is 13.1. The van der Waals surface area contributed by atoms with Crippen LogP contribution in [0.2, 0.25) is 0 Å². The van der Waals surface area contributed by atoms with Gasteiger partial charge in [0.15, 0.2) is 5.82 Å². The van der Waals surface area contributed by atoms with Gasteiger partial charge in [-0.1, -0.05) is 6.92 Å². The monoisotopic (exact) mass is 293 g/mol. The molecule has 0 aromatic carbocycles. The van der Waals surface area contributed by atoms with E-state index in [9.17, 15) is 14.7 Å². The molecule has 0 saturated carbocycles. The van der Waals surface area contributed by atoms with Crippen molar-refractivity contribution in [2.75, 3.05) is 18.0 Å². The molecule has 0 spiro atoms. The molecule has 1 N–H and O–H groups in total. The Balaban J connectivity index is 2.38. The van der Waals surface area contributed by atoms with E-state index in [4.69, 9.17) is 0 Å². The van der Waals surface area contributed by atoms with Crippen LogP contribution in [0.1, 0.15) is 40.5 Å². The Morgan fingerprint density at radius 2 is 2.14 bits per heavy atom. The van der Waals surface area contributed by atoms with Gasteiger partial charge in [-0.05, 0) is 33.6 Å². The van der Waals surface area contributed by atoms with E-state index >= 15 is 0 Å². The summed E-state index contributed by atoms with van der Waals surface area (Å²) in [5, 5.41) is 9.45. The van der Waals surface area contributed by atoms with Crippen LogP contribution < -0.4 is 10.5 Å². The van der Waals surface area contributed by atoms with Gasteiger partial charge in [0, 0.05) is 31.0 Å². The van der Waals surface area contributed by atoms with Crippen LogP contribution in [0.25, 0.3) is 0 Å². The summed E-state index contributed by atoms with van der Waals surface area (Å²) in [5.41, 5.74) is -1.26. The minimum absolute atomic E-state index is 0.165. The topological polar surface area (TPSA) is 75.4 Å². The third-order valence-electron chi connectivity index (χ3n) is 4.33. The highest BCUT2D eigenvalue weighted by molar-refractivity contribution is 5.76. The van der Waals surface area contributed by atoms with Crippen LogP contribution in [0.15, 0.2) is 17.2 Å². The highest BCUT2D eigenvalue weighted by Gasteiger charge is 2.44. The highest BCUT2D eigenvalue weighted by atomic mass is 16.4. The Morgan fingerprint density at radius 1 is 1.48 bits per heavy atom. The summed E-state index contributed by atoms with van der Waals surface area (Å²) in [6, 6.07) is 0. The number of hydrogen-bond donors (Lipinski definition) is 1. The number of carbonyl (C=O) groups is 1. The van der Waals surface area contributed by atoms with E-state index < -0.39 is 11.4 Å². The van der Waals surface area contributed by atoms with Crippen molar-refractivity contribution in [3.05, 3.63) is 22.7 Å². The average Bonchev–Trinajstić information content (AvgIpc) is 2.83. The predicted molar refractivity (Wildman–Crippen MR) is 80.7 cm³/mol. The first-order valence-corrected chi connectivity index (χ1v) is 7.28. The van der Waals surface area contributed by atoms with Gasteiger partial charge >= 0.3 is 5.97 Å².